The number of amides is 1. The summed E-state index contributed by atoms with van der Waals surface area (Å²) in [6.45, 7) is -0.207. The van der Waals surface area contributed by atoms with E-state index in [2.05, 4.69) is 4.74 Å². The van der Waals surface area contributed by atoms with Crippen LogP contribution in [0.2, 0.25) is 0 Å². The summed E-state index contributed by atoms with van der Waals surface area (Å²) in [5.74, 6) is -2.90. The minimum Gasteiger partial charge on any atom is -0.480 e. The van der Waals surface area contributed by atoms with Gasteiger partial charge in [0.2, 0.25) is 5.91 Å². The second kappa shape index (κ2) is 7.73. The van der Waals surface area contributed by atoms with Gasteiger partial charge in [0.05, 0.1) is 6.61 Å². The van der Waals surface area contributed by atoms with E-state index in [1.54, 1.807) is 6.07 Å². The van der Waals surface area contributed by atoms with Crippen LogP contribution in [0.3, 0.4) is 0 Å². The number of carboxylic acids is 1. The first-order valence-electron chi connectivity index (χ1n) is 7.57. The Bertz CT molecular complexity index is 634. The summed E-state index contributed by atoms with van der Waals surface area (Å²) in [7, 11) is 1.42. The van der Waals surface area contributed by atoms with Crippen molar-refractivity contribution in [2.45, 2.75) is 18.7 Å². The number of benzene rings is 1. The highest BCUT2D eigenvalue weighted by molar-refractivity contribution is 5.86. The van der Waals surface area contributed by atoms with Crippen LogP contribution < -0.4 is 4.74 Å². The van der Waals surface area contributed by atoms with Crippen LogP contribution in [-0.2, 0) is 14.3 Å². The van der Waals surface area contributed by atoms with Crippen molar-refractivity contribution in [3.05, 3.63) is 29.8 Å². The third-order valence-electron chi connectivity index (χ3n) is 3.85. The largest absolute Gasteiger partial charge is 0.573 e. The van der Waals surface area contributed by atoms with Gasteiger partial charge in [-0.2, -0.15) is 0 Å². The molecule has 0 saturated heterocycles. The highest BCUT2D eigenvalue weighted by atomic mass is 19.4. The normalized spacial score (nSPS) is 19.4. The van der Waals surface area contributed by atoms with E-state index in [4.69, 9.17) is 9.84 Å². The molecule has 0 spiro atoms. The van der Waals surface area contributed by atoms with Crippen molar-refractivity contribution in [1.29, 1.82) is 0 Å². The van der Waals surface area contributed by atoms with Crippen LogP contribution in [0.4, 0.5) is 13.2 Å². The molecule has 1 aliphatic rings. The van der Waals surface area contributed by atoms with Gasteiger partial charge in [-0.15, -0.1) is 13.2 Å². The topological polar surface area (TPSA) is 76.1 Å². The molecule has 1 saturated carbocycles. The van der Waals surface area contributed by atoms with E-state index in [-0.39, 0.29) is 18.9 Å². The molecule has 0 bridgehead atoms. The molecule has 0 unspecified atom stereocenters. The zero-order chi connectivity index (χ0) is 18.6. The second-order valence-electron chi connectivity index (χ2n) is 5.68. The summed E-state index contributed by atoms with van der Waals surface area (Å²) in [4.78, 5) is 24.5. The van der Waals surface area contributed by atoms with Gasteiger partial charge >= 0.3 is 12.3 Å². The van der Waals surface area contributed by atoms with Crippen LogP contribution in [0.25, 0.3) is 0 Å². The van der Waals surface area contributed by atoms with Crippen LogP contribution in [0.15, 0.2) is 24.3 Å². The van der Waals surface area contributed by atoms with E-state index in [0.717, 1.165) is 4.90 Å². The van der Waals surface area contributed by atoms with E-state index < -0.39 is 36.6 Å². The number of carbonyl (C=O) groups is 2. The average molecular weight is 361 g/mol. The van der Waals surface area contributed by atoms with Crippen molar-refractivity contribution >= 4 is 11.9 Å². The van der Waals surface area contributed by atoms with E-state index in [0.29, 0.717) is 12.0 Å². The van der Waals surface area contributed by atoms with Crippen molar-refractivity contribution in [2.24, 2.45) is 5.92 Å². The summed E-state index contributed by atoms with van der Waals surface area (Å²) in [5.41, 5.74) is 0.292. The molecular formula is C16H18F3NO5. The van der Waals surface area contributed by atoms with Gasteiger partial charge in [-0.25, -0.2) is 0 Å². The number of halogens is 3. The van der Waals surface area contributed by atoms with Gasteiger partial charge in [0.15, 0.2) is 0 Å². The lowest BCUT2D eigenvalue weighted by atomic mass is 10.1. The molecular weight excluding hydrogens is 343 g/mol. The van der Waals surface area contributed by atoms with Crippen LogP contribution in [0, 0.1) is 5.92 Å². The number of carboxylic acid groups (broad SMARTS) is 1. The van der Waals surface area contributed by atoms with Crippen molar-refractivity contribution < 1.29 is 37.3 Å². The minimum atomic E-state index is -4.82. The van der Waals surface area contributed by atoms with Crippen LogP contribution >= 0.6 is 0 Å². The summed E-state index contributed by atoms with van der Waals surface area (Å²) in [6.07, 6.45) is -4.47. The molecule has 6 nitrogen and oxygen atoms in total. The smallest absolute Gasteiger partial charge is 0.480 e. The Balaban J connectivity index is 2.10. The summed E-state index contributed by atoms with van der Waals surface area (Å²) in [6, 6.07) is 5.66. The van der Waals surface area contributed by atoms with Gasteiger partial charge in [-0.05, 0) is 24.0 Å². The maximum atomic E-state index is 12.5. The Hall–Kier alpha value is -2.29. The molecule has 1 fully saturated rings. The van der Waals surface area contributed by atoms with E-state index in [1.807, 2.05) is 0 Å². The highest BCUT2D eigenvalue weighted by Crippen LogP contribution is 2.51. The third-order valence-corrected chi connectivity index (χ3v) is 3.85. The lowest BCUT2D eigenvalue weighted by Gasteiger charge is -2.20. The molecule has 1 amide bonds. The first kappa shape index (κ1) is 19.0. The average Bonchev–Trinajstić information content (AvgIpc) is 3.29. The SMILES string of the molecule is COCCN(CC(=O)O)C(=O)[C@@H]1C[C@H]1c1ccccc1OC(F)(F)F. The van der Waals surface area contributed by atoms with Crippen LogP contribution in [0.1, 0.15) is 17.9 Å². The second-order valence-corrected chi connectivity index (χ2v) is 5.68. The predicted octanol–water partition coefficient (Wildman–Crippen LogP) is 2.25. The van der Waals surface area contributed by atoms with E-state index in [9.17, 15) is 22.8 Å². The number of nitrogens with zero attached hydrogens (tertiary/aromatic N) is 1. The Labute approximate surface area is 142 Å². The maximum absolute atomic E-state index is 12.5. The molecule has 0 aromatic heterocycles. The Kier molecular flexibility index (Phi) is 5.89. The molecule has 138 valence electrons. The molecule has 25 heavy (non-hydrogen) atoms. The van der Waals surface area contributed by atoms with Gasteiger partial charge < -0.3 is 19.5 Å². The monoisotopic (exact) mass is 361 g/mol. The van der Waals surface area contributed by atoms with Gasteiger partial charge in [0.25, 0.3) is 0 Å². The lowest BCUT2D eigenvalue weighted by molar-refractivity contribution is -0.274. The fourth-order valence-electron chi connectivity index (χ4n) is 2.68. The van der Waals surface area contributed by atoms with Crippen molar-refractivity contribution in [1.82, 2.24) is 4.90 Å². The molecule has 1 N–H and O–H groups in total. The first-order chi connectivity index (χ1) is 11.7. The quantitative estimate of drug-likeness (QED) is 0.769. The number of ether oxygens (including phenoxy) is 2. The minimum absolute atomic E-state index is 0.103. The highest BCUT2D eigenvalue weighted by Gasteiger charge is 2.48. The van der Waals surface area contributed by atoms with Crippen molar-refractivity contribution in [3.63, 3.8) is 0 Å². The maximum Gasteiger partial charge on any atom is 0.573 e. The zero-order valence-electron chi connectivity index (χ0n) is 13.5. The van der Waals surface area contributed by atoms with Crippen LogP contribution in [-0.4, -0.2) is 55.1 Å². The number of hydrogen-bond donors (Lipinski definition) is 1. The van der Waals surface area contributed by atoms with Gasteiger partial charge in [0.1, 0.15) is 12.3 Å². The molecule has 0 aliphatic heterocycles. The van der Waals surface area contributed by atoms with Gasteiger partial charge in [-0.3, -0.25) is 9.59 Å². The molecule has 0 radical (unpaired) electrons. The number of rotatable bonds is 8. The Morgan fingerprint density at radius 2 is 2.00 bits per heavy atom. The Morgan fingerprint density at radius 1 is 1.32 bits per heavy atom. The summed E-state index contributed by atoms with van der Waals surface area (Å²) in [5, 5.41) is 8.91. The number of methoxy groups -OCH3 is 1. The Morgan fingerprint density at radius 3 is 2.60 bits per heavy atom. The van der Waals surface area contributed by atoms with Crippen molar-refractivity contribution in [2.75, 3.05) is 26.8 Å². The van der Waals surface area contributed by atoms with Gasteiger partial charge in [0, 0.05) is 19.6 Å². The summed E-state index contributed by atoms with van der Waals surface area (Å²) < 4.78 is 46.4. The molecule has 0 heterocycles. The number of hydrogen-bond acceptors (Lipinski definition) is 4. The third kappa shape index (κ3) is 5.35. The molecule has 2 rings (SSSR count). The molecule has 1 aromatic rings. The lowest BCUT2D eigenvalue weighted by Crippen LogP contribution is -2.39. The fraction of sp³-hybridized carbons (Fsp3) is 0.500. The van der Waals surface area contributed by atoms with E-state index in [1.165, 1.54) is 25.3 Å². The zero-order valence-corrected chi connectivity index (χ0v) is 13.5. The molecule has 1 aromatic carbocycles. The van der Waals surface area contributed by atoms with Crippen molar-refractivity contribution in [3.8, 4) is 5.75 Å². The molecule has 1 aliphatic carbocycles. The predicted molar refractivity (Wildman–Crippen MR) is 80.1 cm³/mol. The number of alkyl halides is 3. The van der Waals surface area contributed by atoms with Gasteiger partial charge in [-0.1, -0.05) is 18.2 Å². The summed E-state index contributed by atoms with van der Waals surface area (Å²) >= 11 is 0. The van der Waals surface area contributed by atoms with E-state index >= 15 is 0 Å². The van der Waals surface area contributed by atoms with Crippen LogP contribution in [0.5, 0.6) is 5.75 Å². The molecule has 9 heteroatoms. The number of para-hydroxylation sites is 1. The first-order valence-corrected chi connectivity index (χ1v) is 7.57. The number of carbonyl (C=O) groups excluding carboxylic acids is 1. The molecule has 2 atom stereocenters. The fourth-order valence-corrected chi connectivity index (χ4v) is 2.68. The number of aliphatic carboxylic acids is 1. The standard InChI is InChI=1S/C16H18F3NO5/c1-24-7-6-20(9-14(21)22)15(23)12-8-11(12)10-4-2-3-5-13(10)25-16(17,18)19/h2-5,11-12H,6-9H2,1H3,(H,21,22)/t11-,12+/m0/s1.